The zero-order valence-corrected chi connectivity index (χ0v) is 18.4. The molecule has 29 heavy (non-hydrogen) atoms. The van der Waals surface area contributed by atoms with Crippen molar-refractivity contribution in [2.45, 2.75) is 39.3 Å². The SMILES string of the molecule is Cc1nc(NCCO)cc(Nc2cc3nn(COCC[Si](C)(C)C)cc3cn2)n1. The van der Waals surface area contributed by atoms with Gasteiger partial charge in [-0.1, -0.05) is 19.6 Å². The Hall–Kier alpha value is -2.56. The van der Waals surface area contributed by atoms with Crippen LogP contribution in [-0.4, -0.2) is 57.7 Å². The molecule has 0 aliphatic rings. The highest BCUT2D eigenvalue weighted by Crippen LogP contribution is 2.20. The van der Waals surface area contributed by atoms with Gasteiger partial charge in [0.05, 0.1) is 12.1 Å². The van der Waals surface area contributed by atoms with Gasteiger partial charge in [0.1, 0.15) is 30.0 Å². The summed E-state index contributed by atoms with van der Waals surface area (Å²) >= 11 is 0. The second-order valence-corrected chi connectivity index (χ2v) is 13.7. The van der Waals surface area contributed by atoms with Crippen molar-refractivity contribution in [3.63, 3.8) is 0 Å². The molecule has 156 valence electrons. The maximum atomic E-state index is 8.96. The van der Waals surface area contributed by atoms with Crippen molar-refractivity contribution >= 4 is 36.4 Å². The van der Waals surface area contributed by atoms with E-state index in [0.717, 1.165) is 23.6 Å². The Morgan fingerprint density at radius 3 is 2.69 bits per heavy atom. The molecule has 0 bridgehead atoms. The van der Waals surface area contributed by atoms with E-state index < -0.39 is 8.07 Å². The van der Waals surface area contributed by atoms with Crippen LogP contribution >= 0.6 is 0 Å². The minimum atomic E-state index is -1.09. The van der Waals surface area contributed by atoms with Gasteiger partial charge in [-0.15, -0.1) is 0 Å². The van der Waals surface area contributed by atoms with Crippen molar-refractivity contribution < 1.29 is 9.84 Å². The van der Waals surface area contributed by atoms with Crippen molar-refractivity contribution in [3.8, 4) is 0 Å². The first-order valence-corrected chi connectivity index (χ1v) is 13.4. The molecule has 10 heteroatoms. The lowest BCUT2D eigenvalue weighted by atomic mass is 10.3. The van der Waals surface area contributed by atoms with E-state index in [1.165, 1.54) is 0 Å². The van der Waals surface area contributed by atoms with Crippen LogP contribution in [0.15, 0.2) is 24.5 Å². The molecule has 3 aromatic heterocycles. The standard InChI is InChI=1S/C19H29N7O2Si/c1-14-22-18(20-5-6-27)10-19(23-14)24-17-9-16-15(11-21-17)12-26(25-16)13-28-7-8-29(2,3)4/h9-12,27H,5-8,13H2,1-4H3,(H2,20,22,23,24). The predicted octanol–water partition coefficient (Wildman–Crippen LogP) is 2.99. The summed E-state index contributed by atoms with van der Waals surface area (Å²) in [7, 11) is -1.09. The van der Waals surface area contributed by atoms with E-state index in [1.54, 1.807) is 16.9 Å². The van der Waals surface area contributed by atoms with Crippen LogP contribution in [0, 0.1) is 6.92 Å². The first-order chi connectivity index (χ1) is 13.8. The maximum absolute atomic E-state index is 8.96. The van der Waals surface area contributed by atoms with Crippen LogP contribution in [-0.2, 0) is 11.5 Å². The Morgan fingerprint density at radius 2 is 1.93 bits per heavy atom. The molecular weight excluding hydrogens is 386 g/mol. The molecule has 0 aliphatic carbocycles. The molecule has 9 nitrogen and oxygen atoms in total. The third-order valence-electron chi connectivity index (χ3n) is 4.17. The molecule has 0 atom stereocenters. The van der Waals surface area contributed by atoms with Gasteiger partial charge in [-0.05, 0) is 13.0 Å². The molecule has 0 radical (unpaired) electrons. The van der Waals surface area contributed by atoms with Gasteiger partial charge in [-0.2, -0.15) is 5.10 Å². The van der Waals surface area contributed by atoms with Crippen LogP contribution in [0.5, 0.6) is 0 Å². The number of nitrogens with one attached hydrogen (secondary N) is 2. The van der Waals surface area contributed by atoms with Gasteiger partial charge in [-0.25, -0.2) is 19.6 Å². The molecule has 0 saturated carbocycles. The van der Waals surface area contributed by atoms with Crippen LogP contribution in [0.1, 0.15) is 5.82 Å². The smallest absolute Gasteiger partial charge is 0.139 e. The summed E-state index contributed by atoms with van der Waals surface area (Å²) in [5.74, 6) is 2.54. The Kier molecular flexibility index (Phi) is 6.78. The third kappa shape index (κ3) is 6.48. The maximum Gasteiger partial charge on any atom is 0.139 e. The summed E-state index contributed by atoms with van der Waals surface area (Å²) in [6, 6.07) is 4.79. The minimum Gasteiger partial charge on any atom is -0.395 e. The van der Waals surface area contributed by atoms with Gasteiger partial charge in [0.25, 0.3) is 0 Å². The molecule has 0 fully saturated rings. The number of rotatable bonds is 10. The molecule has 3 aromatic rings. The fourth-order valence-corrected chi connectivity index (χ4v) is 3.43. The molecule has 0 unspecified atom stereocenters. The number of aliphatic hydroxyl groups is 1. The van der Waals surface area contributed by atoms with E-state index in [0.29, 0.717) is 36.6 Å². The zero-order valence-electron chi connectivity index (χ0n) is 17.4. The van der Waals surface area contributed by atoms with Crippen LogP contribution in [0.2, 0.25) is 25.7 Å². The number of hydrogen-bond donors (Lipinski definition) is 3. The molecule has 0 amide bonds. The Morgan fingerprint density at radius 1 is 1.14 bits per heavy atom. The summed E-state index contributed by atoms with van der Waals surface area (Å²) in [5.41, 5.74) is 0.834. The summed E-state index contributed by atoms with van der Waals surface area (Å²) in [6.45, 7) is 10.5. The summed E-state index contributed by atoms with van der Waals surface area (Å²) < 4.78 is 7.56. The first-order valence-electron chi connectivity index (χ1n) is 9.71. The predicted molar refractivity (Wildman–Crippen MR) is 117 cm³/mol. The molecule has 0 aromatic carbocycles. The second kappa shape index (κ2) is 9.29. The van der Waals surface area contributed by atoms with Crippen molar-refractivity contribution in [3.05, 3.63) is 30.4 Å². The van der Waals surface area contributed by atoms with E-state index in [1.807, 2.05) is 19.2 Å². The van der Waals surface area contributed by atoms with Crippen LogP contribution in [0.3, 0.4) is 0 Å². The number of aromatic nitrogens is 5. The number of nitrogens with zero attached hydrogens (tertiary/aromatic N) is 5. The average Bonchev–Trinajstić information content (AvgIpc) is 3.04. The minimum absolute atomic E-state index is 0.0363. The number of fused-ring (bicyclic) bond motifs is 1. The lowest BCUT2D eigenvalue weighted by Gasteiger charge is -2.15. The molecule has 3 rings (SSSR count). The van der Waals surface area contributed by atoms with Gasteiger partial charge >= 0.3 is 0 Å². The van der Waals surface area contributed by atoms with Crippen LogP contribution in [0.25, 0.3) is 10.9 Å². The molecule has 0 spiro atoms. The topological polar surface area (TPSA) is 110 Å². The highest BCUT2D eigenvalue weighted by molar-refractivity contribution is 6.76. The quantitative estimate of drug-likeness (QED) is 0.342. The van der Waals surface area contributed by atoms with E-state index in [-0.39, 0.29) is 6.61 Å². The van der Waals surface area contributed by atoms with Crippen molar-refractivity contribution in [2.75, 3.05) is 30.4 Å². The Balaban J connectivity index is 1.66. The van der Waals surface area contributed by atoms with Crippen molar-refractivity contribution in [1.29, 1.82) is 0 Å². The van der Waals surface area contributed by atoms with Crippen LogP contribution in [0.4, 0.5) is 17.5 Å². The second-order valence-electron chi connectivity index (χ2n) is 8.11. The highest BCUT2D eigenvalue weighted by Gasteiger charge is 2.12. The Bertz CT molecular complexity index is 955. The monoisotopic (exact) mass is 415 g/mol. The number of hydrogen-bond acceptors (Lipinski definition) is 8. The number of pyridine rings is 1. The largest absolute Gasteiger partial charge is 0.395 e. The lowest BCUT2D eigenvalue weighted by molar-refractivity contribution is 0.0791. The highest BCUT2D eigenvalue weighted by atomic mass is 28.3. The van der Waals surface area contributed by atoms with E-state index in [9.17, 15) is 0 Å². The number of anilines is 3. The van der Waals surface area contributed by atoms with E-state index >= 15 is 0 Å². The number of ether oxygens (including phenoxy) is 1. The molecule has 3 heterocycles. The molecular formula is C19H29N7O2Si. The summed E-state index contributed by atoms with van der Waals surface area (Å²) in [6.07, 6.45) is 3.72. The first kappa shape index (κ1) is 21.2. The van der Waals surface area contributed by atoms with E-state index in [2.05, 4.69) is 50.3 Å². The fourth-order valence-electron chi connectivity index (χ4n) is 2.68. The van der Waals surface area contributed by atoms with Crippen molar-refractivity contribution in [2.24, 2.45) is 0 Å². The van der Waals surface area contributed by atoms with Gasteiger partial charge in [-0.3, -0.25) is 0 Å². The fraction of sp³-hybridized carbons (Fsp3) is 0.474. The molecule has 3 N–H and O–H groups in total. The number of aryl methyl sites for hydroxylation is 1. The van der Waals surface area contributed by atoms with Gasteiger partial charge in [0.15, 0.2) is 0 Å². The summed E-state index contributed by atoms with van der Waals surface area (Å²) in [5, 5.41) is 20.7. The van der Waals surface area contributed by atoms with Gasteiger partial charge < -0.3 is 20.5 Å². The van der Waals surface area contributed by atoms with Crippen LogP contribution < -0.4 is 10.6 Å². The number of aliphatic hydroxyl groups excluding tert-OH is 1. The molecule has 0 saturated heterocycles. The Labute approximate surface area is 171 Å². The zero-order chi connectivity index (χ0) is 20.9. The average molecular weight is 416 g/mol. The van der Waals surface area contributed by atoms with Gasteiger partial charge in [0, 0.05) is 51.1 Å². The summed E-state index contributed by atoms with van der Waals surface area (Å²) in [4.78, 5) is 13.1. The van der Waals surface area contributed by atoms with Gasteiger partial charge in [0.2, 0.25) is 0 Å². The normalized spacial score (nSPS) is 11.8. The lowest BCUT2D eigenvalue weighted by Crippen LogP contribution is -2.22. The third-order valence-corrected chi connectivity index (χ3v) is 5.87. The van der Waals surface area contributed by atoms with E-state index in [4.69, 9.17) is 9.84 Å². The van der Waals surface area contributed by atoms with Crippen molar-refractivity contribution in [1.82, 2.24) is 24.7 Å². The molecule has 0 aliphatic heterocycles.